The van der Waals surface area contributed by atoms with Gasteiger partial charge in [-0.1, -0.05) is 35.3 Å². The van der Waals surface area contributed by atoms with Gasteiger partial charge in [0.15, 0.2) is 0 Å². The van der Waals surface area contributed by atoms with Crippen molar-refractivity contribution in [2.75, 3.05) is 10.6 Å². The minimum absolute atomic E-state index is 0.229. The molecule has 3 aromatic rings. The van der Waals surface area contributed by atoms with Gasteiger partial charge >= 0.3 is 0 Å². The van der Waals surface area contributed by atoms with E-state index in [4.69, 9.17) is 28.5 Å². The molecule has 0 aliphatic heterocycles. The average molecular weight is 383 g/mol. The molecule has 1 amide bonds. The summed E-state index contributed by atoms with van der Waals surface area (Å²) in [4.78, 5) is 16.5. The first-order valence-electron chi connectivity index (χ1n) is 7.55. The smallest absolute Gasteiger partial charge is 0.274 e. The number of carbonyl (C=O) groups excluding carboxylic acids is 1. The van der Waals surface area contributed by atoms with Gasteiger partial charge in [0.05, 0.1) is 23.1 Å². The molecular weight excluding hydrogens is 371 g/mol. The molecule has 0 unspecified atom stereocenters. The Hall–Kier alpha value is -3.07. The molecule has 2 aromatic carbocycles. The zero-order valence-corrected chi connectivity index (χ0v) is 14.8. The number of nitrogens with one attached hydrogen (secondary N) is 2. The first-order chi connectivity index (χ1) is 12.5. The van der Waals surface area contributed by atoms with E-state index >= 15 is 0 Å². The van der Waals surface area contributed by atoms with E-state index in [9.17, 15) is 4.79 Å². The number of hydrogen-bond acceptors (Lipinski definition) is 4. The highest BCUT2D eigenvalue weighted by Crippen LogP contribution is 2.25. The Morgan fingerprint density at radius 3 is 2.38 bits per heavy atom. The summed E-state index contributed by atoms with van der Waals surface area (Å²) >= 11 is 11.9. The molecule has 0 fully saturated rings. The van der Waals surface area contributed by atoms with Crippen LogP contribution in [0.4, 0.5) is 17.1 Å². The Labute approximate surface area is 160 Å². The van der Waals surface area contributed by atoms with Crippen molar-refractivity contribution in [2.24, 2.45) is 0 Å². The molecule has 7 heteroatoms. The Morgan fingerprint density at radius 1 is 1.00 bits per heavy atom. The van der Waals surface area contributed by atoms with E-state index in [2.05, 4.69) is 15.6 Å². The molecule has 5 nitrogen and oxygen atoms in total. The van der Waals surface area contributed by atoms with Gasteiger partial charge in [0.1, 0.15) is 11.8 Å². The second-order valence-corrected chi connectivity index (χ2v) is 6.20. The fraction of sp³-hybridized carbons (Fsp3) is 0. The number of carbonyl (C=O) groups is 1. The zero-order valence-electron chi connectivity index (χ0n) is 13.3. The van der Waals surface area contributed by atoms with Crippen LogP contribution < -0.4 is 10.6 Å². The van der Waals surface area contributed by atoms with Crippen LogP contribution in [0.2, 0.25) is 10.0 Å². The number of nitrogens with zero attached hydrogens (tertiary/aromatic N) is 2. The molecule has 0 aliphatic carbocycles. The Morgan fingerprint density at radius 2 is 1.73 bits per heavy atom. The number of halogens is 2. The maximum absolute atomic E-state index is 12.3. The lowest BCUT2D eigenvalue weighted by atomic mass is 10.2. The Kier molecular flexibility index (Phi) is 5.37. The van der Waals surface area contributed by atoms with Crippen LogP contribution in [-0.4, -0.2) is 10.9 Å². The third-order valence-corrected chi connectivity index (χ3v) is 3.88. The van der Waals surface area contributed by atoms with E-state index in [1.165, 1.54) is 6.20 Å². The van der Waals surface area contributed by atoms with Crippen LogP contribution >= 0.6 is 23.2 Å². The minimum atomic E-state index is -0.398. The summed E-state index contributed by atoms with van der Waals surface area (Å²) in [5.74, 6) is -0.398. The monoisotopic (exact) mass is 382 g/mol. The molecule has 0 radical (unpaired) electrons. The minimum Gasteiger partial charge on any atom is -0.354 e. The second kappa shape index (κ2) is 7.87. The van der Waals surface area contributed by atoms with Crippen molar-refractivity contribution in [3.05, 3.63) is 82.1 Å². The number of pyridine rings is 1. The highest BCUT2D eigenvalue weighted by atomic mass is 35.5. The van der Waals surface area contributed by atoms with E-state index < -0.39 is 5.91 Å². The van der Waals surface area contributed by atoms with Gasteiger partial charge in [0.2, 0.25) is 0 Å². The number of hydrogen-bond donors (Lipinski definition) is 2. The number of para-hydroxylation sites is 1. The Balaban J connectivity index is 1.73. The van der Waals surface area contributed by atoms with Crippen LogP contribution in [-0.2, 0) is 0 Å². The first-order valence-corrected chi connectivity index (χ1v) is 8.30. The van der Waals surface area contributed by atoms with Gasteiger partial charge in [-0.25, -0.2) is 4.98 Å². The van der Waals surface area contributed by atoms with Crippen LogP contribution in [0.5, 0.6) is 0 Å². The molecule has 2 N–H and O–H groups in total. The quantitative estimate of drug-likeness (QED) is 0.645. The predicted octanol–water partition coefficient (Wildman–Crippen LogP) is 5.26. The van der Waals surface area contributed by atoms with Gasteiger partial charge in [-0.2, -0.15) is 5.26 Å². The number of aromatic nitrogens is 1. The SMILES string of the molecule is N#Cc1ccccc1NC(=O)c1ccc(Nc2cc(Cl)cc(Cl)c2)cn1. The van der Waals surface area contributed by atoms with E-state index in [0.717, 1.165) is 0 Å². The predicted molar refractivity (Wildman–Crippen MR) is 103 cm³/mol. The van der Waals surface area contributed by atoms with Crippen molar-refractivity contribution < 1.29 is 4.79 Å². The summed E-state index contributed by atoms with van der Waals surface area (Å²) in [5, 5.41) is 15.9. The third kappa shape index (κ3) is 4.31. The topological polar surface area (TPSA) is 77.8 Å². The molecule has 0 aliphatic rings. The largest absolute Gasteiger partial charge is 0.354 e. The molecule has 1 aromatic heterocycles. The molecule has 0 saturated heterocycles. The highest BCUT2D eigenvalue weighted by Gasteiger charge is 2.10. The van der Waals surface area contributed by atoms with Crippen molar-refractivity contribution in [3.8, 4) is 6.07 Å². The van der Waals surface area contributed by atoms with Gasteiger partial charge in [-0.3, -0.25) is 4.79 Å². The van der Waals surface area contributed by atoms with Crippen LogP contribution in [0.15, 0.2) is 60.8 Å². The standard InChI is InChI=1S/C19H12Cl2N4O/c20-13-7-14(21)9-16(8-13)24-15-5-6-18(23-11-15)19(26)25-17-4-2-1-3-12(17)10-22/h1-9,11,24H,(H,25,26). The fourth-order valence-electron chi connectivity index (χ4n) is 2.27. The molecule has 1 heterocycles. The molecule has 0 bridgehead atoms. The third-order valence-electron chi connectivity index (χ3n) is 3.44. The van der Waals surface area contributed by atoms with Crippen molar-refractivity contribution in [1.29, 1.82) is 5.26 Å². The first kappa shape index (κ1) is 17.7. The summed E-state index contributed by atoms with van der Waals surface area (Å²) in [6.07, 6.45) is 1.53. The number of amides is 1. The molecular formula is C19H12Cl2N4O. The Bertz CT molecular complexity index is 977. The highest BCUT2D eigenvalue weighted by molar-refractivity contribution is 6.35. The van der Waals surface area contributed by atoms with Crippen LogP contribution in [0, 0.1) is 11.3 Å². The van der Waals surface area contributed by atoms with Gasteiger partial charge in [-0.15, -0.1) is 0 Å². The van der Waals surface area contributed by atoms with Gasteiger partial charge < -0.3 is 10.6 Å². The molecule has 3 rings (SSSR count). The van der Waals surface area contributed by atoms with Crippen molar-refractivity contribution in [3.63, 3.8) is 0 Å². The average Bonchev–Trinajstić information content (AvgIpc) is 2.62. The van der Waals surface area contributed by atoms with E-state index in [1.807, 2.05) is 6.07 Å². The van der Waals surface area contributed by atoms with Crippen LogP contribution in [0.25, 0.3) is 0 Å². The maximum Gasteiger partial charge on any atom is 0.274 e. The lowest BCUT2D eigenvalue weighted by molar-refractivity contribution is 0.102. The van der Waals surface area contributed by atoms with E-state index in [-0.39, 0.29) is 5.69 Å². The summed E-state index contributed by atoms with van der Waals surface area (Å²) < 4.78 is 0. The number of rotatable bonds is 4. The molecule has 128 valence electrons. The second-order valence-electron chi connectivity index (χ2n) is 5.33. The number of benzene rings is 2. The lowest BCUT2D eigenvalue weighted by Crippen LogP contribution is -2.14. The normalized spacial score (nSPS) is 10.0. The molecule has 0 atom stereocenters. The summed E-state index contributed by atoms with van der Waals surface area (Å²) in [6, 6.07) is 17.2. The fourth-order valence-corrected chi connectivity index (χ4v) is 2.80. The lowest BCUT2D eigenvalue weighted by Gasteiger charge is -2.09. The maximum atomic E-state index is 12.3. The summed E-state index contributed by atoms with van der Waals surface area (Å²) in [5.41, 5.74) is 2.45. The molecule has 0 saturated carbocycles. The van der Waals surface area contributed by atoms with E-state index in [1.54, 1.807) is 54.6 Å². The summed E-state index contributed by atoms with van der Waals surface area (Å²) in [6.45, 7) is 0. The van der Waals surface area contributed by atoms with E-state index in [0.29, 0.717) is 32.7 Å². The van der Waals surface area contributed by atoms with Crippen molar-refractivity contribution >= 4 is 46.2 Å². The zero-order chi connectivity index (χ0) is 18.5. The van der Waals surface area contributed by atoms with Crippen molar-refractivity contribution in [2.45, 2.75) is 0 Å². The van der Waals surface area contributed by atoms with Crippen LogP contribution in [0.1, 0.15) is 16.1 Å². The van der Waals surface area contributed by atoms with Crippen molar-refractivity contribution in [1.82, 2.24) is 4.98 Å². The van der Waals surface area contributed by atoms with Gasteiger partial charge in [-0.05, 0) is 42.5 Å². The van der Waals surface area contributed by atoms with Gasteiger partial charge in [0, 0.05) is 15.7 Å². The van der Waals surface area contributed by atoms with Crippen LogP contribution in [0.3, 0.4) is 0 Å². The molecule has 0 spiro atoms. The molecule has 26 heavy (non-hydrogen) atoms. The van der Waals surface area contributed by atoms with Gasteiger partial charge in [0.25, 0.3) is 5.91 Å². The number of anilines is 3. The summed E-state index contributed by atoms with van der Waals surface area (Å²) in [7, 11) is 0. The number of nitriles is 1.